The summed E-state index contributed by atoms with van der Waals surface area (Å²) in [7, 11) is 0. The predicted octanol–water partition coefficient (Wildman–Crippen LogP) is 2.98. The lowest BCUT2D eigenvalue weighted by atomic mass is 9.95. The summed E-state index contributed by atoms with van der Waals surface area (Å²) in [4.78, 5) is 2.54. The Morgan fingerprint density at radius 1 is 1.10 bits per heavy atom. The van der Waals surface area contributed by atoms with Crippen molar-refractivity contribution in [3.63, 3.8) is 0 Å². The summed E-state index contributed by atoms with van der Waals surface area (Å²) in [5.41, 5.74) is 1.31. The lowest BCUT2D eigenvalue weighted by Gasteiger charge is -2.33. The molecule has 1 aliphatic carbocycles. The summed E-state index contributed by atoms with van der Waals surface area (Å²) in [6.45, 7) is 5.20. The second-order valence-corrected chi connectivity index (χ2v) is 6.36. The Morgan fingerprint density at radius 2 is 1.90 bits per heavy atom. The third-order valence-corrected chi connectivity index (χ3v) is 4.79. The highest BCUT2D eigenvalue weighted by Crippen LogP contribution is 2.21. The van der Waals surface area contributed by atoms with Gasteiger partial charge in [0.05, 0.1) is 12.7 Å². The molecule has 1 aromatic rings. The number of morpholine rings is 1. The molecule has 1 aromatic carbocycles. The van der Waals surface area contributed by atoms with Crippen LogP contribution in [0.4, 0.5) is 0 Å². The molecule has 1 saturated carbocycles. The quantitative estimate of drug-likeness (QED) is 0.901. The van der Waals surface area contributed by atoms with Crippen molar-refractivity contribution in [2.75, 3.05) is 32.8 Å². The molecule has 3 nitrogen and oxygen atoms in total. The summed E-state index contributed by atoms with van der Waals surface area (Å²) in [6, 6.07) is 11.4. The van der Waals surface area contributed by atoms with E-state index in [-0.39, 0.29) is 6.10 Å². The minimum atomic E-state index is 0.245. The molecule has 1 heterocycles. The summed E-state index contributed by atoms with van der Waals surface area (Å²) in [5, 5.41) is 3.74. The number of ether oxygens (including phenoxy) is 1. The Hall–Kier alpha value is -0.900. The molecule has 1 aliphatic heterocycles. The van der Waals surface area contributed by atoms with Crippen molar-refractivity contribution < 1.29 is 4.74 Å². The van der Waals surface area contributed by atoms with E-state index < -0.39 is 0 Å². The normalized spacial score (nSPS) is 25.0. The van der Waals surface area contributed by atoms with Gasteiger partial charge >= 0.3 is 0 Å². The van der Waals surface area contributed by atoms with Crippen LogP contribution in [-0.2, 0) is 4.74 Å². The standard InChI is InChI=1S/C18H28N2O/c1-3-7-16(8-4-1)18-15-20(13-14-21-18)12-11-19-17-9-5-2-6-10-17/h1,3-4,7-8,17-19H,2,5-6,9-15H2. The molecule has 0 radical (unpaired) electrons. The zero-order valence-electron chi connectivity index (χ0n) is 13.0. The van der Waals surface area contributed by atoms with Gasteiger partial charge in [0.25, 0.3) is 0 Å². The molecule has 0 bridgehead atoms. The first-order chi connectivity index (χ1) is 10.4. The maximum Gasteiger partial charge on any atom is 0.0952 e. The van der Waals surface area contributed by atoms with E-state index in [1.807, 2.05) is 0 Å². The first kappa shape index (κ1) is 15.0. The van der Waals surface area contributed by atoms with Crippen LogP contribution in [0.1, 0.15) is 43.8 Å². The number of benzene rings is 1. The monoisotopic (exact) mass is 288 g/mol. The highest BCUT2D eigenvalue weighted by Gasteiger charge is 2.21. The van der Waals surface area contributed by atoms with Crippen LogP contribution in [0.2, 0.25) is 0 Å². The summed E-state index contributed by atoms with van der Waals surface area (Å²) >= 11 is 0. The fourth-order valence-electron chi connectivity index (χ4n) is 3.51. The average molecular weight is 288 g/mol. The fraction of sp³-hybridized carbons (Fsp3) is 0.667. The fourth-order valence-corrected chi connectivity index (χ4v) is 3.51. The Morgan fingerprint density at radius 3 is 2.71 bits per heavy atom. The molecule has 116 valence electrons. The zero-order valence-corrected chi connectivity index (χ0v) is 13.0. The number of nitrogens with zero attached hydrogens (tertiary/aromatic N) is 1. The molecule has 2 fully saturated rings. The highest BCUT2D eigenvalue weighted by atomic mass is 16.5. The van der Waals surface area contributed by atoms with Crippen LogP contribution in [0.3, 0.4) is 0 Å². The third-order valence-electron chi connectivity index (χ3n) is 4.79. The molecule has 0 amide bonds. The topological polar surface area (TPSA) is 24.5 Å². The van der Waals surface area contributed by atoms with E-state index in [1.165, 1.54) is 37.7 Å². The van der Waals surface area contributed by atoms with E-state index in [0.29, 0.717) is 0 Å². The molecule has 3 heteroatoms. The molecule has 21 heavy (non-hydrogen) atoms. The molecule has 1 N–H and O–H groups in total. The minimum Gasteiger partial charge on any atom is -0.371 e. The number of rotatable bonds is 5. The van der Waals surface area contributed by atoms with Crippen molar-refractivity contribution in [2.45, 2.75) is 44.2 Å². The van der Waals surface area contributed by atoms with E-state index >= 15 is 0 Å². The maximum absolute atomic E-state index is 5.93. The van der Waals surface area contributed by atoms with Crippen molar-refractivity contribution in [3.8, 4) is 0 Å². The first-order valence-corrected chi connectivity index (χ1v) is 8.54. The van der Waals surface area contributed by atoms with Gasteiger partial charge in [-0.05, 0) is 18.4 Å². The lowest BCUT2D eigenvalue weighted by molar-refractivity contribution is -0.0296. The Balaban J connectivity index is 1.41. The first-order valence-electron chi connectivity index (χ1n) is 8.54. The SMILES string of the molecule is c1ccc(C2CN(CCNC3CCCCC3)CCO2)cc1. The maximum atomic E-state index is 5.93. The van der Waals surface area contributed by atoms with Crippen molar-refractivity contribution >= 4 is 0 Å². The van der Waals surface area contributed by atoms with Gasteiger partial charge in [-0.15, -0.1) is 0 Å². The van der Waals surface area contributed by atoms with E-state index in [0.717, 1.165) is 38.8 Å². The summed E-state index contributed by atoms with van der Waals surface area (Å²) in [6.07, 6.45) is 7.23. The smallest absolute Gasteiger partial charge is 0.0952 e. The molecule has 2 aliphatic rings. The molecule has 0 spiro atoms. The van der Waals surface area contributed by atoms with Gasteiger partial charge in [-0.3, -0.25) is 4.90 Å². The Kier molecular flexibility index (Phi) is 5.67. The van der Waals surface area contributed by atoms with Crippen LogP contribution in [0.5, 0.6) is 0 Å². The van der Waals surface area contributed by atoms with Crippen molar-refractivity contribution in [3.05, 3.63) is 35.9 Å². The molecule has 1 atom stereocenters. The Labute approximate surface area is 128 Å². The van der Waals surface area contributed by atoms with Gasteiger partial charge in [-0.2, -0.15) is 0 Å². The van der Waals surface area contributed by atoms with E-state index in [9.17, 15) is 0 Å². The average Bonchev–Trinajstić information content (AvgIpc) is 2.57. The second kappa shape index (κ2) is 7.92. The van der Waals surface area contributed by atoms with Crippen LogP contribution >= 0.6 is 0 Å². The second-order valence-electron chi connectivity index (χ2n) is 6.36. The van der Waals surface area contributed by atoms with Crippen molar-refractivity contribution in [2.24, 2.45) is 0 Å². The van der Waals surface area contributed by atoms with Crippen LogP contribution in [0.15, 0.2) is 30.3 Å². The number of hydrogen-bond donors (Lipinski definition) is 1. The van der Waals surface area contributed by atoms with Gasteiger partial charge in [0.15, 0.2) is 0 Å². The van der Waals surface area contributed by atoms with Crippen LogP contribution in [0, 0.1) is 0 Å². The summed E-state index contributed by atoms with van der Waals surface area (Å²) < 4.78 is 5.93. The molecule has 3 rings (SSSR count). The third kappa shape index (κ3) is 4.53. The Bertz CT molecular complexity index is 403. The molecular formula is C18H28N2O. The molecule has 1 saturated heterocycles. The van der Waals surface area contributed by atoms with E-state index in [2.05, 4.69) is 40.5 Å². The van der Waals surface area contributed by atoms with Crippen LogP contribution < -0.4 is 5.32 Å². The van der Waals surface area contributed by atoms with Gasteiger partial charge in [0.2, 0.25) is 0 Å². The van der Waals surface area contributed by atoms with Crippen LogP contribution in [0.25, 0.3) is 0 Å². The van der Waals surface area contributed by atoms with Gasteiger partial charge in [0.1, 0.15) is 0 Å². The van der Waals surface area contributed by atoms with Crippen LogP contribution in [-0.4, -0.2) is 43.7 Å². The van der Waals surface area contributed by atoms with Crippen molar-refractivity contribution in [1.29, 1.82) is 0 Å². The lowest BCUT2D eigenvalue weighted by Crippen LogP contribution is -2.43. The zero-order chi connectivity index (χ0) is 14.3. The minimum absolute atomic E-state index is 0.245. The van der Waals surface area contributed by atoms with Gasteiger partial charge in [0, 0.05) is 32.2 Å². The van der Waals surface area contributed by atoms with E-state index in [4.69, 9.17) is 4.74 Å². The van der Waals surface area contributed by atoms with Crippen molar-refractivity contribution in [1.82, 2.24) is 10.2 Å². The largest absolute Gasteiger partial charge is 0.371 e. The van der Waals surface area contributed by atoms with Gasteiger partial charge in [-0.1, -0.05) is 49.6 Å². The number of nitrogens with one attached hydrogen (secondary N) is 1. The van der Waals surface area contributed by atoms with Gasteiger partial charge in [-0.25, -0.2) is 0 Å². The van der Waals surface area contributed by atoms with Gasteiger partial charge < -0.3 is 10.1 Å². The number of hydrogen-bond acceptors (Lipinski definition) is 3. The molecular weight excluding hydrogens is 260 g/mol. The highest BCUT2D eigenvalue weighted by molar-refractivity contribution is 5.18. The molecule has 1 unspecified atom stereocenters. The predicted molar refractivity (Wildman–Crippen MR) is 86.5 cm³/mol. The van der Waals surface area contributed by atoms with E-state index in [1.54, 1.807) is 0 Å². The molecule has 0 aromatic heterocycles. The summed E-state index contributed by atoms with van der Waals surface area (Å²) in [5.74, 6) is 0.